The minimum absolute atomic E-state index is 1.09. The number of hydrogen-bond acceptors (Lipinski definition) is 1. The lowest BCUT2D eigenvalue weighted by Gasteiger charge is -2.29. The molecule has 0 amide bonds. The van der Waals surface area contributed by atoms with Crippen molar-refractivity contribution in [2.24, 2.45) is 0 Å². The molecule has 0 atom stereocenters. The van der Waals surface area contributed by atoms with Gasteiger partial charge in [0, 0.05) is 33.0 Å². The molecule has 0 spiro atoms. The highest BCUT2D eigenvalue weighted by Gasteiger charge is 2.22. The number of nitrogens with zero attached hydrogens (tertiary/aromatic N) is 2. The Hall–Kier alpha value is -7.16. The van der Waals surface area contributed by atoms with E-state index in [1.165, 1.54) is 60.4 Å². The second-order valence-corrected chi connectivity index (χ2v) is 13.7. The molecule has 0 saturated heterocycles. The highest BCUT2D eigenvalue weighted by molar-refractivity contribution is 6.11. The topological polar surface area (TPSA) is 8.17 Å². The predicted molar refractivity (Wildman–Crippen MR) is 229 cm³/mol. The Morgan fingerprint density at radius 3 is 1.67 bits per heavy atom. The van der Waals surface area contributed by atoms with Crippen LogP contribution in [0.2, 0.25) is 0 Å². The molecule has 0 N–H and O–H groups in total. The molecular formula is C52H36N2. The third-order valence-corrected chi connectivity index (χ3v) is 10.6. The van der Waals surface area contributed by atoms with Crippen molar-refractivity contribution in [2.75, 3.05) is 4.90 Å². The molecule has 0 unspecified atom stereocenters. The van der Waals surface area contributed by atoms with E-state index in [0.717, 1.165) is 28.3 Å². The van der Waals surface area contributed by atoms with Gasteiger partial charge in [0.1, 0.15) is 0 Å². The van der Waals surface area contributed by atoms with E-state index in [0.29, 0.717) is 0 Å². The van der Waals surface area contributed by atoms with Crippen molar-refractivity contribution in [1.29, 1.82) is 0 Å². The van der Waals surface area contributed by atoms with Gasteiger partial charge in [-0.2, -0.15) is 0 Å². The Balaban J connectivity index is 1.27. The van der Waals surface area contributed by atoms with Crippen LogP contribution in [0.1, 0.15) is 0 Å². The first-order valence-corrected chi connectivity index (χ1v) is 18.5. The lowest BCUT2D eigenvalue weighted by molar-refractivity contribution is 1.18. The fourth-order valence-corrected chi connectivity index (χ4v) is 8.09. The van der Waals surface area contributed by atoms with Gasteiger partial charge in [0.25, 0.3) is 0 Å². The number of aromatic nitrogens is 1. The van der Waals surface area contributed by atoms with Crippen molar-refractivity contribution in [3.8, 4) is 39.1 Å². The van der Waals surface area contributed by atoms with E-state index in [9.17, 15) is 0 Å². The van der Waals surface area contributed by atoms with Gasteiger partial charge in [0.2, 0.25) is 0 Å². The van der Waals surface area contributed by atoms with Crippen molar-refractivity contribution < 1.29 is 0 Å². The van der Waals surface area contributed by atoms with Crippen LogP contribution in [0.5, 0.6) is 0 Å². The molecule has 0 fully saturated rings. The molecule has 0 aliphatic rings. The second-order valence-electron chi connectivity index (χ2n) is 13.7. The summed E-state index contributed by atoms with van der Waals surface area (Å²) in [4.78, 5) is 2.45. The zero-order chi connectivity index (χ0) is 35.8. The molecule has 0 saturated carbocycles. The molecule has 254 valence electrons. The molecule has 0 radical (unpaired) electrons. The maximum atomic E-state index is 2.47. The first kappa shape index (κ1) is 31.6. The molecular weight excluding hydrogens is 653 g/mol. The Labute approximate surface area is 315 Å². The summed E-state index contributed by atoms with van der Waals surface area (Å²) in [5.74, 6) is 0. The van der Waals surface area contributed by atoms with Crippen LogP contribution < -0.4 is 4.90 Å². The zero-order valence-corrected chi connectivity index (χ0v) is 29.7. The lowest BCUT2D eigenvalue weighted by atomic mass is 9.97. The second kappa shape index (κ2) is 13.4. The van der Waals surface area contributed by atoms with Crippen molar-refractivity contribution in [1.82, 2.24) is 4.57 Å². The van der Waals surface area contributed by atoms with E-state index in [-0.39, 0.29) is 0 Å². The normalized spacial score (nSPS) is 11.3. The summed E-state index contributed by atoms with van der Waals surface area (Å²) in [6, 6.07) is 79.0. The molecule has 2 heteroatoms. The molecule has 54 heavy (non-hydrogen) atoms. The fraction of sp³-hybridized carbons (Fsp3) is 0. The largest absolute Gasteiger partial charge is 0.309 e. The number of benzene rings is 9. The standard InChI is InChI=1S/C52H36N2/c1-4-17-37(18-5-1)41-31-34-51(47(35-41)40-21-8-3-9-22-40)54-50-29-15-13-27-45(50)46-33-32-42(36-52(46)54)53(49-30-16-24-39-23-10-11-25-44(39)49)48-28-14-12-26-43(48)38-19-6-2-7-20-38/h1-36H. The number of anilines is 3. The monoisotopic (exact) mass is 688 g/mol. The summed E-state index contributed by atoms with van der Waals surface area (Å²) in [5.41, 5.74) is 13.9. The highest BCUT2D eigenvalue weighted by atomic mass is 15.1. The smallest absolute Gasteiger partial charge is 0.0562 e. The molecule has 0 bridgehead atoms. The minimum atomic E-state index is 1.09. The summed E-state index contributed by atoms with van der Waals surface area (Å²) >= 11 is 0. The van der Waals surface area contributed by atoms with Crippen LogP contribution in [0.4, 0.5) is 17.1 Å². The van der Waals surface area contributed by atoms with Gasteiger partial charge in [-0.15, -0.1) is 0 Å². The van der Waals surface area contributed by atoms with E-state index >= 15 is 0 Å². The maximum absolute atomic E-state index is 2.47. The van der Waals surface area contributed by atoms with Gasteiger partial charge >= 0.3 is 0 Å². The van der Waals surface area contributed by atoms with Gasteiger partial charge in [-0.1, -0.05) is 176 Å². The van der Waals surface area contributed by atoms with Gasteiger partial charge in [0.05, 0.1) is 28.1 Å². The summed E-state index contributed by atoms with van der Waals surface area (Å²) in [5, 5.41) is 4.85. The van der Waals surface area contributed by atoms with Gasteiger partial charge in [-0.3, -0.25) is 0 Å². The van der Waals surface area contributed by atoms with E-state index in [1.54, 1.807) is 0 Å². The SMILES string of the molecule is c1ccc(-c2ccc(-n3c4ccccc4c4ccc(N(c5ccccc5-c5ccccc5)c5cccc6ccccc56)cc43)c(-c3ccccc3)c2)cc1. The van der Waals surface area contributed by atoms with Crippen LogP contribution in [0, 0.1) is 0 Å². The molecule has 2 nitrogen and oxygen atoms in total. The minimum Gasteiger partial charge on any atom is -0.309 e. The van der Waals surface area contributed by atoms with Gasteiger partial charge < -0.3 is 9.47 Å². The van der Waals surface area contributed by atoms with Crippen LogP contribution in [0.3, 0.4) is 0 Å². The molecule has 0 aliphatic carbocycles. The molecule has 0 aliphatic heterocycles. The van der Waals surface area contributed by atoms with Crippen LogP contribution in [0.15, 0.2) is 218 Å². The van der Waals surface area contributed by atoms with Crippen molar-refractivity contribution >= 4 is 49.6 Å². The lowest BCUT2D eigenvalue weighted by Crippen LogP contribution is -2.12. The van der Waals surface area contributed by atoms with E-state index in [2.05, 4.69) is 228 Å². The van der Waals surface area contributed by atoms with Crippen molar-refractivity contribution in [3.05, 3.63) is 218 Å². The molecule has 10 aromatic rings. The Morgan fingerprint density at radius 1 is 0.315 bits per heavy atom. The fourth-order valence-electron chi connectivity index (χ4n) is 8.09. The van der Waals surface area contributed by atoms with E-state index in [1.807, 2.05) is 0 Å². The molecule has 10 rings (SSSR count). The summed E-state index contributed by atoms with van der Waals surface area (Å²) in [6.45, 7) is 0. The van der Waals surface area contributed by atoms with E-state index in [4.69, 9.17) is 0 Å². The number of para-hydroxylation sites is 2. The zero-order valence-electron chi connectivity index (χ0n) is 29.7. The summed E-state index contributed by atoms with van der Waals surface area (Å²) < 4.78 is 2.47. The van der Waals surface area contributed by atoms with Gasteiger partial charge in [-0.05, 0) is 70.1 Å². The number of rotatable bonds is 7. The Bertz CT molecular complexity index is 2920. The summed E-state index contributed by atoms with van der Waals surface area (Å²) in [7, 11) is 0. The number of hydrogen-bond donors (Lipinski definition) is 0. The van der Waals surface area contributed by atoms with Crippen LogP contribution in [0.25, 0.3) is 71.6 Å². The summed E-state index contributed by atoms with van der Waals surface area (Å²) in [6.07, 6.45) is 0. The first-order valence-electron chi connectivity index (χ1n) is 18.5. The third kappa shape index (κ3) is 5.44. The molecule has 1 heterocycles. The van der Waals surface area contributed by atoms with Crippen molar-refractivity contribution in [2.45, 2.75) is 0 Å². The van der Waals surface area contributed by atoms with Crippen molar-refractivity contribution in [3.63, 3.8) is 0 Å². The molecule has 1 aromatic heterocycles. The quantitative estimate of drug-likeness (QED) is 0.162. The van der Waals surface area contributed by atoms with E-state index < -0.39 is 0 Å². The third-order valence-electron chi connectivity index (χ3n) is 10.6. The van der Waals surface area contributed by atoms with Crippen LogP contribution in [-0.2, 0) is 0 Å². The predicted octanol–water partition coefficient (Wildman–Crippen LogP) is 14.4. The van der Waals surface area contributed by atoms with Crippen LogP contribution >= 0.6 is 0 Å². The number of fused-ring (bicyclic) bond motifs is 4. The van der Waals surface area contributed by atoms with Crippen LogP contribution in [-0.4, -0.2) is 4.57 Å². The average molecular weight is 689 g/mol. The molecule has 9 aromatic carbocycles. The van der Waals surface area contributed by atoms with Gasteiger partial charge in [-0.25, -0.2) is 0 Å². The van der Waals surface area contributed by atoms with Gasteiger partial charge in [0.15, 0.2) is 0 Å². The highest BCUT2D eigenvalue weighted by Crippen LogP contribution is 2.46. The average Bonchev–Trinajstić information content (AvgIpc) is 3.58. The first-order chi connectivity index (χ1) is 26.8. The Morgan fingerprint density at radius 2 is 0.889 bits per heavy atom. The maximum Gasteiger partial charge on any atom is 0.0562 e. The Kier molecular flexibility index (Phi) is 7.85.